The van der Waals surface area contributed by atoms with Crippen LogP contribution < -0.4 is 20.5 Å². The fraction of sp³-hybridized carbons (Fsp3) is 0.312. The molecule has 0 saturated carbocycles. The van der Waals surface area contributed by atoms with Gasteiger partial charge in [-0.05, 0) is 28.4 Å². The molecular formula is C16H18N4O4. The van der Waals surface area contributed by atoms with E-state index in [2.05, 4.69) is 20.3 Å². The maximum Gasteiger partial charge on any atom is 0.219 e. The van der Waals surface area contributed by atoms with Crippen LogP contribution in [0.2, 0.25) is 0 Å². The summed E-state index contributed by atoms with van der Waals surface area (Å²) in [5.74, 6) is 1.83. The number of aromatic nitrogens is 2. The van der Waals surface area contributed by atoms with Crippen LogP contribution in [0.25, 0.3) is 0 Å². The summed E-state index contributed by atoms with van der Waals surface area (Å²) < 4.78 is 15.2. The van der Waals surface area contributed by atoms with E-state index < -0.39 is 0 Å². The average molecular weight is 330 g/mol. The summed E-state index contributed by atoms with van der Waals surface area (Å²) in [6.07, 6.45) is 2.57. The SMILES string of the molecule is COc1ccc([C@H]2CC(=O)C=C(Nc3nonc3N)C2)c(OC)c1. The molecular weight excluding hydrogens is 312 g/mol. The van der Waals surface area contributed by atoms with Crippen molar-refractivity contribution in [2.45, 2.75) is 18.8 Å². The first kappa shape index (κ1) is 15.9. The zero-order valence-corrected chi connectivity index (χ0v) is 13.4. The molecule has 2 aromatic rings. The monoisotopic (exact) mass is 330 g/mol. The van der Waals surface area contributed by atoms with E-state index in [0.717, 1.165) is 5.56 Å². The minimum atomic E-state index is -0.0214. The van der Waals surface area contributed by atoms with Gasteiger partial charge in [-0.2, -0.15) is 0 Å². The number of nitrogens with two attached hydrogens (primary N) is 1. The molecule has 0 aliphatic heterocycles. The lowest BCUT2D eigenvalue weighted by atomic mass is 9.85. The Balaban J connectivity index is 1.84. The van der Waals surface area contributed by atoms with Gasteiger partial charge in [-0.3, -0.25) is 4.79 Å². The predicted octanol–water partition coefficient (Wildman–Crippen LogP) is 2.11. The molecule has 0 bridgehead atoms. The number of ketones is 1. The number of benzene rings is 1. The van der Waals surface area contributed by atoms with Gasteiger partial charge in [-0.25, -0.2) is 4.63 Å². The van der Waals surface area contributed by atoms with Gasteiger partial charge in [-0.1, -0.05) is 6.07 Å². The Kier molecular flexibility index (Phi) is 4.37. The Morgan fingerprint density at radius 3 is 2.75 bits per heavy atom. The highest BCUT2D eigenvalue weighted by atomic mass is 16.6. The van der Waals surface area contributed by atoms with Gasteiger partial charge in [0.2, 0.25) is 11.6 Å². The number of hydrogen-bond acceptors (Lipinski definition) is 8. The molecule has 3 N–H and O–H groups in total. The molecule has 0 fully saturated rings. The third-order valence-electron chi connectivity index (χ3n) is 3.92. The Hall–Kier alpha value is -3.03. The molecule has 0 unspecified atom stereocenters. The second-order valence-corrected chi connectivity index (χ2v) is 5.47. The van der Waals surface area contributed by atoms with E-state index in [1.807, 2.05) is 18.2 Å². The van der Waals surface area contributed by atoms with Gasteiger partial charge in [-0.15, -0.1) is 0 Å². The number of nitrogens with zero attached hydrogens (tertiary/aromatic N) is 2. The lowest BCUT2D eigenvalue weighted by Gasteiger charge is -2.24. The smallest absolute Gasteiger partial charge is 0.219 e. The molecule has 126 valence electrons. The lowest BCUT2D eigenvalue weighted by Crippen LogP contribution is -2.17. The molecule has 8 nitrogen and oxygen atoms in total. The molecule has 0 radical (unpaired) electrons. The summed E-state index contributed by atoms with van der Waals surface area (Å²) >= 11 is 0. The van der Waals surface area contributed by atoms with Gasteiger partial charge < -0.3 is 20.5 Å². The zero-order chi connectivity index (χ0) is 17.1. The quantitative estimate of drug-likeness (QED) is 0.857. The van der Waals surface area contributed by atoms with Crippen molar-refractivity contribution < 1.29 is 18.9 Å². The first-order chi connectivity index (χ1) is 11.6. The van der Waals surface area contributed by atoms with Gasteiger partial charge in [0, 0.05) is 30.2 Å². The van der Waals surface area contributed by atoms with E-state index in [0.29, 0.717) is 35.9 Å². The van der Waals surface area contributed by atoms with Gasteiger partial charge in [0.25, 0.3) is 0 Å². The van der Waals surface area contributed by atoms with Crippen molar-refractivity contribution >= 4 is 17.4 Å². The minimum Gasteiger partial charge on any atom is -0.497 e. The molecule has 1 heterocycles. The highest BCUT2D eigenvalue weighted by molar-refractivity contribution is 5.92. The molecule has 1 aromatic carbocycles. The largest absolute Gasteiger partial charge is 0.497 e. The van der Waals surface area contributed by atoms with E-state index in [1.54, 1.807) is 20.3 Å². The maximum absolute atomic E-state index is 12.1. The minimum absolute atomic E-state index is 0.0154. The molecule has 8 heteroatoms. The molecule has 3 rings (SSSR count). The van der Waals surface area contributed by atoms with Crippen LogP contribution >= 0.6 is 0 Å². The second-order valence-electron chi connectivity index (χ2n) is 5.47. The van der Waals surface area contributed by atoms with Crippen LogP contribution in [0, 0.1) is 0 Å². The molecule has 24 heavy (non-hydrogen) atoms. The van der Waals surface area contributed by atoms with Crippen LogP contribution in [0.5, 0.6) is 11.5 Å². The van der Waals surface area contributed by atoms with Gasteiger partial charge >= 0.3 is 0 Å². The summed E-state index contributed by atoms with van der Waals surface area (Å²) in [5, 5.41) is 10.2. The summed E-state index contributed by atoms with van der Waals surface area (Å²) in [7, 11) is 3.19. The third-order valence-corrected chi connectivity index (χ3v) is 3.92. The molecule has 1 atom stereocenters. The normalized spacial score (nSPS) is 17.3. The van der Waals surface area contributed by atoms with Crippen LogP contribution in [0.4, 0.5) is 11.6 Å². The Bertz CT molecular complexity index is 784. The van der Waals surface area contributed by atoms with E-state index >= 15 is 0 Å². The number of ether oxygens (including phenoxy) is 2. The zero-order valence-electron chi connectivity index (χ0n) is 13.4. The first-order valence-electron chi connectivity index (χ1n) is 7.41. The highest BCUT2D eigenvalue weighted by Crippen LogP contribution is 2.38. The Morgan fingerprint density at radius 1 is 1.25 bits per heavy atom. The van der Waals surface area contributed by atoms with E-state index in [-0.39, 0.29) is 17.5 Å². The number of carbonyl (C=O) groups excluding carboxylic acids is 1. The number of nitrogens with one attached hydrogen (secondary N) is 1. The van der Waals surface area contributed by atoms with Gasteiger partial charge in [0.1, 0.15) is 11.5 Å². The fourth-order valence-electron chi connectivity index (χ4n) is 2.79. The summed E-state index contributed by atoms with van der Waals surface area (Å²) in [4.78, 5) is 12.1. The van der Waals surface area contributed by atoms with Crippen molar-refractivity contribution in [2.75, 3.05) is 25.3 Å². The maximum atomic E-state index is 12.1. The lowest BCUT2D eigenvalue weighted by molar-refractivity contribution is -0.115. The summed E-state index contributed by atoms with van der Waals surface area (Å²) in [6, 6.07) is 5.59. The van der Waals surface area contributed by atoms with E-state index in [1.165, 1.54) is 0 Å². The second kappa shape index (κ2) is 6.61. The topological polar surface area (TPSA) is 112 Å². The van der Waals surface area contributed by atoms with Crippen LogP contribution in [-0.4, -0.2) is 30.3 Å². The molecule has 1 aliphatic carbocycles. The number of methoxy groups -OCH3 is 2. The first-order valence-corrected chi connectivity index (χ1v) is 7.41. The van der Waals surface area contributed by atoms with Crippen LogP contribution in [-0.2, 0) is 4.79 Å². The van der Waals surface area contributed by atoms with Gasteiger partial charge in [0.05, 0.1) is 14.2 Å². The third kappa shape index (κ3) is 3.17. The van der Waals surface area contributed by atoms with Crippen LogP contribution in [0.3, 0.4) is 0 Å². The fourth-order valence-corrected chi connectivity index (χ4v) is 2.79. The van der Waals surface area contributed by atoms with Crippen LogP contribution in [0.1, 0.15) is 24.3 Å². The average Bonchev–Trinajstić information content (AvgIpc) is 2.98. The molecule has 0 spiro atoms. The van der Waals surface area contributed by atoms with E-state index in [4.69, 9.17) is 15.2 Å². The molecule has 1 aliphatic rings. The van der Waals surface area contributed by atoms with Crippen LogP contribution in [0.15, 0.2) is 34.6 Å². The number of nitrogen functional groups attached to an aromatic ring is 1. The highest BCUT2D eigenvalue weighted by Gasteiger charge is 2.26. The van der Waals surface area contributed by atoms with Crippen molar-refractivity contribution in [2.24, 2.45) is 0 Å². The number of anilines is 2. The molecule has 0 saturated heterocycles. The summed E-state index contributed by atoms with van der Waals surface area (Å²) in [6.45, 7) is 0. The number of hydrogen-bond donors (Lipinski definition) is 2. The Morgan fingerprint density at radius 2 is 2.08 bits per heavy atom. The van der Waals surface area contributed by atoms with Crippen molar-refractivity contribution in [1.82, 2.24) is 10.3 Å². The Labute approximate surface area is 138 Å². The van der Waals surface area contributed by atoms with Crippen molar-refractivity contribution in [1.29, 1.82) is 0 Å². The predicted molar refractivity (Wildman–Crippen MR) is 86.9 cm³/mol. The molecule has 0 amide bonds. The van der Waals surface area contributed by atoms with E-state index in [9.17, 15) is 4.79 Å². The van der Waals surface area contributed by atoms with Crippen molar-refractivity contribution in [3.63, 3.8) is 0 Å². The standard InChI is InChI=1S/C16H18N4O4/c1-22-12-3-4-13(14(8-12)23-2)9-5-10(7-11(21)6-9)18-16-15(17)19-24-20-16/h3-4,7-9H,5-6H2,1-2H3,(H2,17,19)(H,18,20)/t9-/m1/s1. The van der Waals surface area contributed by atoms with Gasteiger partial charge in [0.15, 0.2) is 5.78 Å². The number of rotatable bonds is 5. The number of allylic oxidation sites excluding steroid dienone is 2. The molecule has 1 aromatic heterocycles. The number of carbonyl (C=O) groups is 1. The van der Waals surface area contributed by atoms with Crippen molar-refractivity contribution in [3.05, 3.63) is 35.5 Å². The van der Waals surface area contributed by atoms with Crippen molar-refractivity contribution in [3.8, 4) is 11.5 Å². The summed E-state index contributed by atoms with van der Waals surface area (Å²) in [5.41, 5.74) is 7.29.